The van der Waals surface area contributed by atoms with Crippen LogP contribution in [0.4, 0.5) is 5.69 Å². The number of hydrogen-bond acceptors (Lipinski definition) is 4. The number of nitrogens with two attached hydrogens (primary N) is 1. The Hall–Kier alpha value is -1.13. The summed E-state index contributed by atoms with van der Waals surface area (Å²) >= 11 is 0. The van der Waals surface area contributed by atoms with Gasteiger partial charge in [0.1, 0.15) is 0 Å². The Bertz CT molecular complexity index is 375. The van der Waals surface area contributed by atoms with Gasteiger partial charge in [-0.2, -0.15) is 0 Å². The molecule has 0 radical (unpaired) electrons. The number of pyridine rings is 1. The van der Waals surface area contributed by atoms with Crippen molar-refractivity contribution in [2.24, 2.45) is 0 Å². The van der Waals surface area contributed by atoms with Crippen LogP contribution in [0.1, 0.15) is 25.3 Å². The lowest BCUT2D eigenvalue weighted by molar-refractivity contribution is -0.00940. The van der Waals surface area contributed by atoms with Crippen LogP contribution in [-0.4, -0.2) is 30.3 Å². The number of anilines is 1. The molecular weight excluding hydrogens is 214 g/mol. The summed E-state index contributed by atoms with van der Waals surface area (Å²) in [6.07, 6.45) is 6.65. The summed E-state index contributed by atoms with van der Waals surface area (Å²) in [6.45, 7) is 3.03. The number of rotatable bonds is 4. The van der Waals surface area contributed by atoms with Gasteiger partial charge in [0.15, 0.2) is 0 Å². The van der Waals surface area contributed by atoms with Crippen LogP contribution in [0.25, 0.3) is 0 Å². The average molecular weight is 235 g/mol. The molecule has 2 atom stereocenters. The molecule has 1 saturated heterocycles. The maximum absolute atomic E-state index is 5.96. The minimum atomic E-state index is -0.0863. The van der Waals surface area contributed by atoms with Crippen LogP contribution >= 0.6 is 0 Å². The number of likely N-dealkylation sites (N-methyl/N-ethyl adjacent to an activating group) is 1. The largest absolute Gasteiger partial charge is 0.398 e. The highest BCUT2D eigenvalue weighted by atomic mass is 16.5. The average Bonchev–Trinajstić information content (AvgIpc) is 2.76. The van der Waals surface area contributed by atoms with E-state index in [1.165, 1.54) is 0 Å². The van der Waals surface area contributed by atoms with Crippen molar-refractivity contribution < 1.29 is 4.74 Å². The second kappa shape index (κ2) is 5.02. The summed E-state index contributed by atoms with van der Waals surface area (Å²) in [6, 6.07) is 2.12. The molecule has 0 bridgehead atoms. The molecule has 0 aromatic carbocycles. The highest BCUT2D eigenvalue weighted by Gasteiger charge is 2.37. The van der Waals surface area contributed by atoms with Crippen molar-refractivity contribution in [2.45, 2.75) is 37.8 Å². The molecule has 2 heterocycles. The molecule has 1 aromatic rings. The molecule has 4 heteroatoms. The quantitative estimate of drug-likeness (QED) is 0.827. The second-order valence-corrected chi connectivity index (χ2v) is 4.88. The van der Waals surface area contributed by atoms with Crippen LogP contribution in [0.15, 0.2) is 18.5 Å². The third-order valence-electron chi connectivity index (χ3n) is 3.70. The van der Waals surface area contributed by atoms with Gasteiger partial charge in [0.2, 0.25) is 0 Å². The van der Waals surface area contributed by atoms with Crippen molar-refractivity contribution in [2.75, 3.05) is 19.4 Å². The summed E-state index contributed by atoms with van der Waals surface area (Å²) < 4.78 is 5.88. The monoisotopic (exact) mass is 235 g/mol. The molecule has 0 saturated carbocycles. The normalized spacial score (nSPS) is 26.0. The van der Waals surface area contributed by atoms with Crippen molar-refractivity contribution in [1.82, 2.24) is 10.3 Å². The Morgan fingerprint density at radius 2 is 2.47 bits per heavy atom. The fourth-order valence-corrected chi connectivity index (χ4v) is 2.53. The van der Waals surface area contributed by atoms with Gasteiger partial charge in [-0.15, -0.1) is 0 Å². The van der Waals surface area contributed by atoms with E-state index < -0.39 is 0 Å². The van der Waals surface area contributed by atoms with Gasteiger partial charge < -0.3 is 15.8 Å². The molecule has 2 unspecified atom stereocenters. The number of nitrogens with zero attached hydrogens (tertiary/aromatic N) is 1. The minimum absolute atomic E-state index is 0.0863. The molecule has 1 fully saturated rings. The molecule has 0 spiro atoms. The third-order valence-corrected chi connectivity index (χ3v) is 3.70. The molecule has 3 N–H and O–H groups in total. The second-order valence-electron chi connectivity index (χ2n) is 4.88. The lowest BCUT2D eigenvalue weighted by atomic mass is 9.88. The van der Waals surface area contributed by atoms with E-state index in [1.807, 2.05) is 19.3 Å². The number of hydrogen-bond donors (Lipinski definition) is 2. The molecule has 1 aliphatic heterocycles. The van der Waals surface area contributed by atoms with Crippen LogP contribution in [-0.2, 0) is 11.2 Å². The summed E-state index contributed by atoms with van der Waals surface area (Å²) in [7, 11) is 1.98. The summed E-state index contributed by atoms with van der Waals surface area (Å²) in [5, 5.41) is 3.35. The van der Waals surface area contributed by atoms with Gasteiger partial charge in [-0.25, -0.2) is 0 Å². The topological polar surface area (TPSA) is 60.2 Å². The Morgan fingerprint density at radius 1 is 1.65 bits per heavy atom. The van der Waals surface area contributed by atoms with Gasteiger partial charge in [0.05, 0.1) is 5.60 Å². The smallest absolute Gasteiger partial charge is 0.0810 e. The maximum Gasteiger partial charge on any atom is 0.0810 e. The fourth-order valence-electron chi connectivity index (χ4n) is 2.53. The zero-order valence-electron chi connectivity index (χ0n) is 10.6. The molecule has 4 nitrogen and oxygen atoms in total. The van der Waals surface area contributed by atoms with Crippen molar-refractivity contribution in [3.8, 4) is 0 Å². The van der Waals surface area contributed by atoms with Gasteiger partial charge in [0.25, 0.3) is 0 Å². The first-order chi connectivity index (χ1) is 8.15. The molecule has 2 rings (SSSR count). The van der Waals surface area contributed by atoms with Gasteiger partial charge in [0, 0.05) is 30.7 Å². The lowest BCUT2D eigenvalue weighted by Gasteiger charge is -2.33. The fraction of sp³-hybridized carbons (Fsp3) is 0.615. The predicted octanol–water partition coefficient (Wildman–Crippen LogP) is 1.36. The first-order valence-electron chi connectivity index (χ1n) is 6.15. The van der Waals surface area contributed by atoms with E-state index in [4.69, 9.17) is 10.5 Å². The summed E-state index contributed by atoms with van der Waals surface area (Å²) in [5.41, 5.74) is 7.76. The van der Waals surface area contributed by atoms with Crippen LogP contribution in [0, 0.1) is 0 Å². The van der Waals surface area contributed by atoms with Crippen LogP contribution < -0.4 is 11.1 Å². The van der Waals surface area contributed by atoms with E-state index in [0.717, 1.165) is 37.1 Å². The van der Waals surface area contributed by atoms with Crippen molar-refractivity contribution in [3.63, 3.8) is 0 Å². The van der Waals surface area contributed by atoms with E-state index >= 15 is 0 Å². The lowest BCUT2D eigenvalue weighted by Crippen LogP contribution is -2.48. The van der Waals surface area contributed by atoms with Gasteiger partial charge in [-0.1, -0.05) is 0 Å². The first-order valence-corrected chi connectivity index (χ1v) is 6.15. The first kappa shape index (κ1) is 12.3. The third kappa shape index (κ3) is 2.58. The molecule has 94 valence electrons. The molecule has 1 aliphatic rings. The highest BCUT2D eigenvalue weighted by molar-refractivity contribution is 5.44. The Morgan fingerprint density at radius 3 is 3.06 bits per heavy atom. The SMILES string of the molecule is CNC(Cc1cnccc1N)C1(C)CCCO1. The van der Waals surface area contributed by atoms with Gasteiger partial charge >= 0.3 is 0 Å². The molecule has 0 aliphatic carbocycles. The van der Waals surface area contributed by atoms with Crippen LogP contribution in [0.3, 0.4) is 0 Å². The van der Waals surface area contributed by atoms with E-state index in [1.54, 1.807) is 6.20 Å². The van der Waals surface area contributed by atoms with E-state index in [2.05, 4.69) is 17.2 Å². The zero-order chi connectivity index (χ0) is 12.3. The molecular formula is C13H21N3O. The highest BCUT2D eigenvalue weighted by Crippen LogP contribution is 2.30. The van der Waals surface area contributed by atoms with Crippen molar-refractivity contribution in [3.05, 3.63) is 24.0 Å². The standard InChI is InChI=1S/C13H21N3O/c1-13(5-3-7-17-13)12(15-2)8-10-9-16-6-4-11(10)14/h4,6,9,12,15H,3,5,7-8H2,1-2H3,(H2,14,16). The number of aromatic nitrogens is 1. The minimum Gasteiger partial charge on any atom is -0.398 e. The molecule has 1 aromatic heterocycles. The van der Waals surface area contributed by atoms with Gasteiger partial charge in [-0.3, -0.25) is 4.98 Å². The summed E-state index contributed by atoms with van der Waals surface area (Å²) in [5.74, 6) is 0. The number of nitrogens with one attached hydrogen (secondary N) is 1. The van der Waals surface area contributed by atoms with E-state index in [-0.39, 0.29) is 11.6 Å². The van der Waals surface area contributed by atoms with Crippen LogP contribution in [0.2, 0.25) is 0 Å². The number of nitrogen functional groups attached to an aromatic ring is 1. The Labute approximate surface area is 103 Å². The Kier molecular flexibility index (Phi) is 3.64. The van der Waals surface area contributed by atoms with E-state index in [0.29, 0.717) is 0 Å². The van der Waals surface area contributed by atoms with Crippen molar-refractivity contribution in [1.29, 1.82) is 0 Å². The van der Waals surface area contributed by atoms with E-state index in [9.17, 15) is 0 Å². The van der Waals surface area contributed by atoms with Gasteiger partial charge in [-0.05, 0) is 44.9 Å². The molecule has 17 heavy (non-hydrogen) atoms. The zero-order valence-corrected chi connectivity index (χ0v) is 10.6. The number of ether oxygens (including phenoxy) is 1. The Balaban J connectivity index is 2.12. The van der Waals surface area contributed by atoms with Crippen molar-refractivity contribution >= 4 is 5.69 Å². The summed E-state index contributed by atoms with van der Waals surface area (Å²) in [4.78, 5) is 4.13. The predicted molar refractivity (Wildman–Crippen MR) is 68.8 cm³/mol. The molecule has 0 amide bonds. The van der Waals surface area contributed by atoms with Crippen LogP contribution in [0.5, 0.6) is 0 Å². The maximum atomic E-state index is 5.96.